The van der Waals surface area contributed by atoms with Crippen molar-refractivity contribution in [3.8, 4) is 0 Å². The number of aliphatic hydroxyl groups excluding tert-OH is 1. The first kappa shape index (κ1) is 12.4. The van der Waals surface area contributed by atoms with Gasteiger partial charge in [0.2, 0.25) is 0 Å². The Bertz CT molecular complexity index is 349. The van der Waals surface area contributed by atoms with Crippen molar-refractivity contribution in [2.75, 3.05) is 13.2 Å². The molecule has 4 nitrogen and oxygen atoms in total. The maximum Gasteiger partial charge on any atom is 0.324 e. The Balaban J connectivity index is 2.61. The van der Waals surface area contributed by atoms with E-state index >= 15 is 0 Å². The topological polar surface area (TPSA) is 69.6 Å². The number of aliphatic hydroxyl groups is 1. The quantitative estimate of drug-likeness (QED) is 0.662. The van der Waals surface area contributed by atoms with E-state index in [9.17, 15) is 4.79 Å². The van der Waals surface area contributed by atoms with Gasteiger partial charge >= 0.3 is 5.97 Å². The van der Waals surface area contributed by atoms with Crippen molar-refractivity contribution in [1.29, 1.82) is 0 Å². The van der Waals surface area contributed by atoms with E-state index < -0.39 is 12.0 Å². The molecule has 0 saturated carbocycles. The second kappa shape index (κ2) is 6.76. The summed E-state index contributed by atoms with van der Waals surface area (Å²) in [5.41, 5.74) is 0.944. The van der Waals surface area contributed by atoms with Crippen LogP contribution in [0, 0.1) is 0 Å². The zero-order valence-electron chi connectivity index (χ0n) is 8.84. The molecule has 0 aromatic heterocycles. The molecule has 0 bridgehead atoms. The van der Waals surface area contributed by atoms with Gasteiger partial charge in [-0.3, -0.25) is 10.1 Å². The molecule has 3 N–H and O–H groups in total. The van der Waals surface area contributed by atoms with Gasteiger partial charge in [0.25, 0.3) is 0 Å². The molecule has 16 heavy (non-hydrogen) atoms. The number of aliphatic carboxylic acids is 1. The zero-order chi connectivity index (χ0) is 11.8. The molecule has 1 atom stereocenters. The third-order valence-electron chi connectivity index (χ3n) is 2.02. The number of carbonyl (C=O) groups is 1. The first-order chi connectivity index (χ1) is 7.74. The van der Waals surface area contributed by atoms with Gasteiger partial charge in [0.15, 0.2) is 0 Å². The number of hydrogen-bond acceptors (Lipinski definition) is 3. The molecule has 0 amide bonds. The lowest BCUT2D eigenvalue weighted by Crippen LogP contribution is -2.36. The van der Waals surface area contributed by atoms with E-state index in [0.29, 0.717) is 0 Å². The minimum Gasteiger partial charge on any atom is -0.480 e. The maximum absolute atomic E-state index is 10.8. The van der Waals surface area contributed by atoms with Crippen LogP contribution in [0.5, 0.6) is 0 Å². The maximum atomic E-state index is 10.8. The molecule has 86 valence electrons. The molecule has 4 heteroatoms. The fraction of sp³-hybridized carbons (Fsp3) is 0.250. The second-order valence-electron chi connectivity index (χ2n) is 3.26. The number of carboxylic acid groups (broad SMARTS) is 1. The van der Waals surface area contributed by atoms with Crippen molar-refractivity contribution >= 4 is 12.0 Å². The molecule has 0 spiro atoms. The molecule has 0 aliphatic heterocycles. The van der Waals surface area contributed by atoms with Crippen molar-refractivity contribution in [3.63, 3.8) is 0 Å². The van der Waals surface area contributed by atoms with E-state index in [1.165, 1.54) is 0 Å². The summed E-state index contributed by atoms with van der Waals surface area (Å²) >= 11 is 0. The summed E-state index contributed by atoms with van der Waals surface area (Å²) in [6.07, 6.45) is 3.30. The molecule has 1 aromatic rings. The van der Waals surface area contributed by atoms with Gasteiger partial charge in [-0.1, -0.05) is 42.5 Å². The lowest BCUT2D eigenvalue weighted by Gasteiger charge is -2.08. The normalized spacial score (nSPS) is 12.8. The monoisotopic (exact) mass is 221 g/mol. The summed E-state index contributed by atoms with van der Waals surface area (Å²) in [4.78, 5) is 10.8. The van der Waals surface area contributed by atoms with E-state index in [1.54, 1.807) is 12.2 Å². The van der Waals surface area contributed by atoms with Crippen LogP contribution in [0.4, 0.5) is 0 Å². The number of hydrogen-bond donors (Lipinski definition) is 3. The molecule has 0 aliphatic carbocycles. The summed E-state index contributed by atoms with van der Waals surface area (Å²) in [5.74, 6) is -0.958. The van der Waals surface area contributed by atoms with Crippen LogP contribution in [0.2, 0.25) is 0 Å². The van der Waals surface area contributed by atoms with Crippen LogP contribution in [-0.4, -0.2) is 35.4 Å². The van der Waals surface area contributed by atoms with Gasteiger partial charge in [0.05, 0.1) is 6.61 Å². The molecule has 0 saturated heterocycles. The van der Waals surface area contributed by atoms with Crippen LogP contribution >= 0.6 is 0 Å². The highest BCUT2D eigenvalue weighted by atomic mass is 16.4. The third-order valence-corrected chi connectivity index (χ3v) is 2.02. The summed E-state index contributed by atoms with van der Waals surface area (Å²) in [6, 6.07) is 8.68. The Hall–Kier alpha value is -1.65. The molecular weight excluding hydrogens is 206 g/mol. The Morgan fingerprint density at radius 2 is 2.06 bits per heavy atom. The van der Waals surface area contributed by atoms with Crippen LogP contribution in [0.1, 0.15) is 5.56 Å². The molecule has 0 radical (unpaired) electrons. The third kappa shape index (κ3) is 4.25. The van der Waals surface area contributed by atoms with Crippen LogP contribution in [0.3, 0.4) is 0 Å². The molecule has 1 aromatic carbocycles. The summed E-state index contributed by atoms with van der Waals surface area (Å²) in [6.45, 7) is 0.180. The van der Waals surface area contributed by atoms with Gasteiger partial charge in [-0.2, -0.15) is 0 Å². The van der Waals surface area contributed by atoms with E-state index in [1.807, 2.05) is 30.3 Å². The predicted molar refractivity (Wildman–Crippen MR) is 62.0 cm³/mol. The average molecular weight is 221 g/mol. The number of nitrogens with one attached hydrogen (secondary N) is 1. The lowest BCUT2D eigenvalue weighted by atomic mass is 10.1. The van der Waals surface area contributed by atoms with E-state index in [4.69, 9.17) is 10.2 Å². The SMILES string of the molecule is O=C(O)C(/C=C/c1ccccc1)NCCO. The van der Waals surface area contributed by atoms with Gasteiger partial charge in [-0.05, 0) is 5.56 Å². The highest BCUT2D eigenvalue weighted by Crippen LogP contribution is 2.02. The fourth-order valence-electron chi connectivity index (χ4n) is 1.23. The first-order valence-corrected chi connectivity index (χ1v) is 5.04. The van der Waals surface area contributed by atoms with Crippen molar-refractivity contribution in [1.82, 2.24) is 5.32 Å². The highest BCUT2D eigenvalue weighted by Gasteiger charge is 2.11. The molecular formula is C12H15NO3. The van der Waals surface area contributed by atoms with Crippen LogP contribution in [-0.2, 0) is 4.79 Å². The largest absolute Gasteiger partial charge is 0.480 e. The Kier molecular flexibility index (Phi) is 5.25. The highest BCUT2D eigenvalue weighted by molar-refractivity contribution is 5.77. The Labute approximate surface area is 94.2 Å². The van der Waals surface area contributed by atoms with Crippen LogP contribution in [0.25, 0.3) is 6.08 Å². The van der Waals surface area contributed by atoms with E-state index in [2.05, 4.69) is 5.32 Å². The Morgan fingerprint density at radius 1 is 1.38 bits per heavy atom. The molecule has 0 aliphatic rings. The summed E-state index contributed by atoms with van der Waals surface area (Å²) in [5, 5.41) is 20.2. The van der Waals surface area contributed by atoms with Crippen molar-refractivity contribution in [2.45, 2.75) is 6.04 Å². The molecule has 0 fully saturated rings. The number of carboxylic acids is 1. The van der Waals surface area contributed by atoms with Gasteiger partial charge in [0.1, 0.15) is 6.04 Å². The van der Waals surface area contributed by atoms with E-state index in [-0.39, 0.29) is 13.2 Å². The van der Waals surface area contributed by atoms with Crippen molar-refractivity contribution < 1.29 is 15.0 Å². The zero-order valence-corrected chi connectivity index (χ0v) is 8.84. The standard InChI is InChI=1S/C12H15NO3/c14-9-8-13-11(12(15)16)7-6-10-4-2-1-3-5-10/h1-7,11,13-14H,8-9H2,(H,15,16)/b7-6+. The fourth-order valence-corrected chi connectivity index (χ4v) is 1.23. The van der Waals surface area contributed by atoms with Crippen LogP contribution in [0.15, 0.2) is 36.4 Å². The number of benzene rings is 1. The summed E-state index contributed by atoms with van der Waals surface area (Å²) < 4.78 is 0. The lowest BCUT2D eigenvalue weighted by molar-refractivity contribution is -0.138. The number of rotatable bonds is 6. The minimum atomic E-state index is -0.958. The average Bonchev–Trinajstić information content (AvgIpc) is 2.30. The second-order valence-corrected chi connectivity index (χ2v) is 3.26. The van der Waals surface area contributed by atoms with E-state index in [0.717, 1.165) is 5.56 Å². The van der Waals surface area contributed by atoms with Crippen LogP contribution < -0.4 is 5.32 Å². The first-order valence-electron chi connectivity index (χ1n) is 5.04. The smallest absolute Gasteiger partial charge is 0.324 e. The predicted octanol–water partition coefficient (Wildman–Crippen LogP) is 0.735. The van der Waals surface area contributed by atoms with Gasteiger partial charge in [0, 0.05) is 6.54 Å². The van der Waals surface area contributed by atoms with Crippen molar-refractivity contribution in [2.24, 2.45) is 0 Å². The molecule has 1 rings (SSSR count). The van der Waals surface area contributed by atoms with Gasteiger partial charge in [-0.25, -0.2) is 0 Å². The van der Waals surface area contributed by atoms with Gasteiger partial charge < -0.3 is 10.2 Å². The summed E-state index contributed by atoms with van der Waals surface area (Å²) in [7, 11) is 0. The molecule has 1 unspecified atom stereocenters. The van der Waals surface area contributed by atoms with Crippen molar-refractivity contribution in [3.05, 3.63) is 42.0 Å². The van der Waals surface area contributed by atoms with Gasteiger partial charge in [-0.15, -0.1) is 0 Å². The molecule has 0 heterocycles. The minimum absolute atomic E-state index is 0.0804. The Morgan fingerprint density at radius 3 is 2.62 bits per heavy atom.